The summed E-state index contributed by atoms with van der Waals surface area (Å²) in [6.07, 6.45) is -4.99. The highest BCUT2D eigenvalue weighted by atomic mass is 19.4. The van der Waals surface area contributed by atoms with E-state index in [1.807, 2.05) is 0 Å². The van der Waals surface area contributed by atoms with Crippen LogP contribution in [0.15, 0.2) is 6.07 Å². The van der Waals surface area contributed by atoms with Gasteiger partial charge in [-0.25, -0.2) is 9.37 Å². The van der Waals surface area contributed by atoms with E-state index < -0.39 is 29.5 Å². The normalized spacial score (nSPS) is 11.8. The van der Waals surface area contributed by atoms with E-state index in [2.05, 4.69) is 4.98 Å². The van der Waals surface area contributed by atoms with Gasteiger partial charge in [0.05, 0.1) is 0 Å². The molecule has 1 nitrogen and oxygen atoms in total. The van der Waals surface area contributed by atoms with Gasteiger partial charge in [-0.1, -0.05) is 0 Å². The molecule has 1 aromatic rings. The molecular weight excluding hydrogens is 200 g/mol. The van der Waals surface area contributed by atoms with Crippen molar-refractivity contribution in [2.24, 2.45) is 0 Å². The van der Waals surface area contributed by atoms with Gasteiger partial charge in [-0.05, 0) is 0 Å². The van der Waals surface area contributed by atoms with E-state index in [0.717, 1.165) is 0 Å². The number of aromatic nitrogens is 1. The Morgan fingerprint density at radius 3 is 2.00 bits per heavy atom. The van der Waals surface area contributed by atoms with Gasteiger partial charge in [0.25, 0.3) is 5.95 Å². The van der Waals surface area contributed by atoms with Gasteiger partial charge in [0.2, 0.25) is 5.82 Å². The first-order valence-corrected chi connectivity index (χ1v) is 2.91. The first-order chi connectivity index (χ1) is 5.82. The van der Waals surface area contributed by atoms with Crippen LogP contribution in [0, 0.1) is 17.6 Å². The summed E-state index contributed by atoms with van der Waals surface area (Å²) in [5.74, 6) is -6.04. The van der Waals surface area contributed by atoms with E-state index in [4.69, 9.17) is 0 Å². The molecule has 72 valence electrons. The van der Waals surface area contributed by atoms with Gasteiger partial charge in [-0.15, -0.1) is 0 Å². The smallest absolute Gasteiger partial charge is 0.212 e. The SMILES string of the molecule is Fc1cc(C(F)(F)F)nc(F)c1F. The summed E-state index contributed by atoms with van der Waals surface area (Å²) in [5.41, 5.74) is -1.80. The zero-order chi connectivity index (χ0) is 10.2. The number of alkyl halides is 3. The summed E-state index contributed by atoms with van der Waals surface area (Å²) in [6.45, 7) is 0. The van der Waals surface area contributed by atoms with Gasteiger partial charge >= 0.3 is 6.18 Å². The van der Waals surface area contributed by atoms with Crippen molar-refractivity contribution in [2.75, 3.05) is 0 Å². The minimum Gasteiger partial charge on any atom is -0.212 e. The van der Waals surface area contributed by atoms with Crippen molar-refractivity contribution in [3.05, 3.63) is 29.3 Å². The van der Waals surface area contributed by atoms with E-state index >= 15 is 0 Å². The Bertz CT molecular complexity index is 307. The maximum Gasteiger partial charge on any atom is 0.433 e. The van der Waals surface area contributed by atoms with Crippen LogP contribution in [-0.4, -0.2) is 4.98 Å². The molecule has 0 unspecified atom stereocenters. The van der Waals surface area contributed by atoms with Crippen molar-refractivity contribution in [2.45, 2.75) is 6.18 Å². The molecular formula is C6HF6N. The molecule has 0 atom stereocenters. The summed E-state index contributed by atoms with van der Waals surface area (Å²) in [6, 6.07) is -0.210. The minimum absolute atomic E-state index is 0.210. The number of nitrogens with zero attached hydrogens (tertiary/aromatic N) is 1. The van der Waals surface area contributed by atoms with Gasteiger partial charge in [-0.2, -0.15) is 22.0 Å². The monoisotopic (exact) mass is 201 g/mol. The minimum atomic E-state index is -4.99. The van der Waals surface area contributed by atoms with E-state index in [-0.39, 0.29) is 6.07 Å². The highest BCUT2D eigenvalue weighted by molar-refractivity contribution is 5.11. The van der Waals surface area contributed by atoms with Gasteiger partial charge < -0.3 is 0 Å². The average Bonchev–Trinajstić information content (AvgIpc) is 1.97. The molecule has 13 heavy (non-hydrogen) atoms. The molecule has 1 rings (SSSR count). The van der Waals surface area contributed by atoms with Crippen molar-refractivity contribution in [3.63, 3.8) is 0 Å². The Morgan fingerprint density at radius 2 is 1.62 bits per heavy atom. The summed E-state index contributed by atoms with van der Waals surface area (Å²) >= 11 is 0. The maximum absolute atomic E-state index is 12.2. The van der Waals surface area contributed by atoms with E-state index in [1.54, 1.807) is 0 Å². The Hall–Kier alpha value is -1.27. The van der Waals surface area contributed by atoms with Crippen molar-refractivity contribution in [3.8, 4) is 0 Å². The molecule has 1 aromatic heterocycles. The van der Waals surface area contributed by atoms with Gasteiger partial charge in [-0.3, -0.25) is 0 Å². The molecule has 0 saturated heterocycles. The number of hydrogen-bond acceptors (Lipinski definition) is 1. The summed E-state index contributed by atoms with van der Waals surface area (Å²) in [4.78, 5) is 2.20. The van der Waals surface area contributed by atoms with E-state index in [1.165, 1.54) is 0 Å². The molecule has 0 aliphatic heterocycles. The highest BCUT2D eigenvalue weighted by Crippen LogP contribution is 2.28. The topological polar surface area (TPSA) is 12.9 Å². The fourth-order valence-electron chi connectivity index (χ4n) is 0.614. The van der Waals surface area contributed by atoms with Crippen molar-refractivity contribution < 1.29 is 26.3 Å². The standard InChI is InChI=1S/C6HF6N/c7-2-1-3(6(10,11)12)13-5(9)4(2)8/h1H. The lowest BCUT2D eigenvalue weighted by molar-refractivity contribution is -0.141. The third-order valence-electron chi connectivity index (χ3n) is 1.16. The van der Waals surface area contributed by atoms with Crippen molar-refractivity contribution in [1.82, 2.24) is 4.98 Å². The molecule has 0 radical (unpaired) electrons. The second-order valence-electron chi connectivity index (χ2n) is 2.09. The molecule has 1 heterocycles. The molecule has 0 amide bonds. The zero-order valence-corrected chi connectivity index (χ0v) is 5.79. The molecule has 0 spiro atoms. The number of pyridine rings is 1. The zero-order valence-electron chi connectivity index (χ0n) is 5.79. The van der Waals surface area contributed by atoms with Crippen LogP contribution in [0.4, 0.5) is 26.3 Å². The molecule has 0 aliphatic carbocycles. The summed E-state index contributed by atoms with van der Waals surface area (Å²) in [7, 11) is 0. The first-order valence-electron chi connectivity index (χ1n) is 2.91. The fraction of sp³-hybridized carbons (Fsp3) is 0.167. The van der Waals surface area contributed by atoms with Crippen LogP contribution in [0.3, 0.4) is 0 Å². The Labute approximate surface area is 68.0 Å². The third-order valence-corrected chi connectivity index (χ3v) is 1.16. The average molecular weight is 201 g/mol. The van der Waals surface area contributed by atoms with Crippen LogP contribution >= 0.6 is 0 Å². The second kappa shape index (κ2) is 2.90. The number of halogens is 6. The molecule has 0 bridgehead atoms. The fourth-order valence-corrected chi connectivity index (χ4v) is 0.614. The number of hydrogen-bond donors (Lipinski definition) is 0. The molecule has 0 aromatic carbocycles. The Balaban J connectivity index is 3.29. The second-order valence-corrected chi connectivity index (χ2v) is 2.09. The van der Waals surface area contributed by atoms with Crippen molar-refractivity contribution >= 4 is 0 Å². The van der Waals surface area contributed by atoms with Gasteiger partial charge in [0, 0.05) is 6.07 Å². The van der Waals surface area contributed by atoms with Crippen LogP contribution in [-0.2, 0) is 6.18 Å². The molecule has 0 fully saturated rings. The van der Waals surface area contributed by atoms with Crippen LogP contribution < -0.4 is 0 Å². The van der Waals surface area contributed by atoms with E-state index in [0.29, 0.717) is 0 Å². The Morgan fingerprint density at radius 1 is 1.08 bits per heavy atom. The van der Waals surface area contributed by atoms with Crippen LogP contribution in [0.5, 0.6) is 0 Å². The first kappa shape index (κ1) is 9.82. The van der Waals surface area contributed by atoms with Crippen LogP contribution in [0.2, 0.25) is 0 Å². The molecule has 0 saturated carbocycles. The number of rotatable bonds is 0. The molecule has 7 heteroatoms. The van der Waals surface area contributed by atoms with Gasteiger partial charge in [0.15, 0.2) is 11.5 Å². The van der Waals surface area contributed by atoms with Crippen LogP contribution in [0.1, 0.15) is 5.69 Å². The van der Waals surface area contributed by atoms with E-state index in [9.17, 15) is 26.3 Å². The summed E-state index contributed by atoms with van der Waals surface area (Å²) < 4.78 is 71.8. The predicted molar refractivity (Wildman–Crippen MR) is 29.1 cm³/mol. The van der Waals surface area contributed by atoms with Crippen LogP contribution in [0.25, 0.3) is 0 Å². The van der Waals surface area contributed by atoms with Gasteiger partial charge in [0.1, 0.15) is 0 Å². The Kier molecular flexibility index (Phi) is 2.19. The molecule has 0 aliphatic rings. The lowest BCUT2D eigenvalue weighted by atomic mass is 10.3. The lowest BCUT2D eigenvalue weighted by Crippen LogP contribution is -2.11. The largest absolute Gasteiger partial charge is 0.433 e. The third kappa shape index (κ3) is 1.90. The summed E-state index contributed by atoms with van der Waals surface area (Å²) in [5, 5.41) is 0. The highest BCUT2D eigenvalue weighted by Gasteiger charge is 2.34. The quantitative estimate of drug-likeness (QED) is 0.464. The molecule has 0 N–H and O–H groups in total. The maximum atomic E-state index is 12.2. The van der Waals surface area contributed by atoms with Crippen molar-refractivity contribution in [1.29, 1.82) is 0 Å². The predicted octanol–water partition coefficient (Wildman–Crippen LogP) is 2.52. The lowest BCUT2D eigenvalue weighted by Gasteiger charge is -2.05.